The SMILES string of the molecule is CC=CC=CC(=O)N(C)C. The highest BCUT2D eigenvalue weighted by molar-refractivity contribution is 5.87. The Morgan fingerprint density at radius 1 is 1.30 bits per heavy atom. The van der Waals surface area contributed by atoms with Gasteiger partial charge in [-0.15, -0.1) is 0 Å². The molecule has 0 aliphatic heterocycles. The molecule has 0 unspecified atom stereocenters. The second kappa shape index (κ2) is 4.79. The third-order valence-electron chi connectivity index (χ3n) is 0.983. The number of hydrogen-bond acceptors (Lipinski definition) is 1. The van der Waals surface area contributed by atoms with E-state index in [2.05, 4.69) is 0 Å². The fourth-order valence-corrected chi connectivity index (χ4v) is 0.398. The second-order valence-corrected chi connectivity index (χ2v) is 2.12. The first-order valence-electron chi connectivity index (χ1n) is 3.19. The Balaban J connectivity index is 3.78. The standard InChI is InChI=1S/C8H13NO/c1-4-5-6-7-8(10)9(2)3/h4-7H,1-3H3. The molecule has 0 aromatic carbocycles. The number of carbonyl (C=O) groups is 1. The minimum absolute atomic E-state index is 0.0121. The summed E-state index contributed by atoms with van der Waals surface area (Å²) in [6.45, 7) is 1.91. The van der Waals surface area contributed by atoms with Crippen LogP contribution in [0.2, 0.25) is 0 Å². The lowest BCUT2D eigenvalue weighted by atomic mass is 10.4. The normalized spacial score (nSPS) is 11.1. The number of amides is 1. The highest BCUT2D eigenvalue weighted by Crippen LogP contribution is 1.82. The van der Waals surface area contributed by atoms with E-state index < -0.39 is 0 Å². The Morgan fingerprint density at radius 3 is 2.30 bits per heavy atom. The molecule has 1 amide bonds. The van der Waals surface area contributed by atoms with Crippen molar-refractivity contribution >= 4 is 5.91 Å². The fourth-order valence-electron chi connectivity index (χ4n) is 0.398. The van der Waals surface area contributed by atoms with Gasteiger partial charge in [-0.3, -0.25) is 4.79 Å². The maximum atomic E-state index is 10.8. The summed E-state index contributed by atoms with van der Waals surface area (Å²) >= 11 is 0. The summed E-state index contributed by atoms with van der Waals surface area (Å²) in [5.74, 6) is 0.0121. The molecular weight excluding hydrogens is 126 g/mol. The van der Waals surface area contributed by atoms with Crippen LogP contribution in [0.15, 0.2) is 24.3 Å². The van der Waals surface area contributed by atoms with E-state index in [4.69, 9.17) is 0 Å². The number of hydrogen-bond donors (Lipinski definition) is 0. The van der Waals surface area contributed by atoms with Gasteiger partial charge in [-0.25, -0.2) is 0 Å². The van der Waals surface area contributed by atoms with Gasteiger partial charge < -0.3 is 4.90 Å². The zero-order valence-electron chi connectivity index (χ0n) is 6.66. The van der Waals surface area contributed by atoms with Gasteiger partial charge in [0, 0.05) is 20.2 Å². The van der Waals surface area contributed by atoms with E-state index in [9.17, 15) is 4.79 Å². The summed E-state index contributed by atoms with van der Waals surface area (Å²) in [7, 11) is 3.45. The second-order valence-electron chi connectivity index (χ2n) is 2.12. The van der Waals surface area contributed by atoms with E-state index in [1.54, 1.807) is 20.2 Å². The van der Waals surface area contributed by atoms with E-state index >= 15 is 0 Å². The van der Waals surface area contributed by atoms with Crippen molar-refractivity contribution < 1.29 is 4.79 Å². The van der Waals surface area contributed by atoms with Crippen LogP contribution in [0.3, 0.4) is 0 Å². The number of nitrogens with zero attached hydrogens (tertiary/aromatic N) is 1. The quantitative estimate of drug-likeness (QED) is 0.416. The highest BCUT2D eigenvalue weighted by atomic mass is 16.2. The van der Waals surface area contributed by atoms with Crippen molar-refractivity contribution in [3.63, 3.8) is 0 Å². The van der Waals surface area contributed by atoms with E-state index in [-0.39, 0.29) is 5.91 Å². The largest absolute Gasteiger partial charge is 0.345 e. The monoisotopic (exact) mass is 139 g/mol. The molecule has 0 radical (unpaired) electrons. The predicted molar refractivity (Wildman–Crippen MR) is 42.6 cm³/mol. The van der Waals surface area contributed by atoms with Gasteiger partial charge >= 0.3 is 0 Å². The van der Waals surface area contributed by atoms with E-state index in [0.717, 1.165) is 0 Å². The van der Waals surface area contributed by atoms with Gasteiger partial charge in [0.05, 0.1) is 0 Å². The molecule has 2 heteroatoms. The minimum Gasteiger partial charge on any atom is -0.345 e. The molecular formula is C8H13NO. The lowest BCUT2D eigenvalue weighted by Gasteiger charge is -2.04. The first-order valence-corrected chi connectivity index (χ1v) is 3.19. The van der Waals surface area contributed by atoms with Crippen LogP contribution < -0.4 is 0 Å². The van der Waals surface area contributed by atoms with Gasteiger partial charge in [0.2, 0.25) is 5.91 Å². The molecule has 0 aliphatic carbocycles. The third kappa shape index (κ3) is 3.89. The molecule has 0 bridgehead atoms. The molecule has 0 spiro atoms. The van der Waals surface area contributed by atoms with Crippen molar-refractivity contribution in [3.05, 3.63) is 24.3 Å². The summed E-state index contributed by atoms with van der Waals surface area (Å²) in [4.78, 5) is 12.4. The maximum Gasteiger partial charge on any atom is 0.246 e. The summed E-state index contributed by atoms with van der Waals surface area (Å²) in [5.41, 5.74) is 0. The Kier molecular flexibility index (Phi) is 4.29. The Bertz CT molecular complexity index is 157. The van der Waals surface area contributed by atoms with Crippen molar-refractivity contribution in [3.8, 4) is 0 Å². The van der Waals surface area contributed by atoms with Gasteiger partial charge in [-0.05, 0) is 6.92 Å². The van der Waals surface area contributed by atoms with Crippen LogP contribution in [0.25, 0.3) is 0 Å². The lowest BCUT2D eigenvalue weighted by molar-refractivity contribution is -0.123. The molecule has 0 aromatic heterocycles. The third-order valence-corrected chi connectivity index (χ3v) is 0.983. The van der Waals surface area contributed by atoms with E-state index in [0.29, 0.717) is 0 Å². The van der Waals surface area contributed by atoms with Crippen molar-refractivity contribution in [2.24, 2.45) is 0 Å². The molecule has 0 saturated carbocycles. The molecule has 2 nitrogen and oxygen atoms in total. The molecule has 0 atom stereocenters. The maximum absolute atomic E-state index is 10.8. The average Bonchev–Trinajstić information content (AvgIpc) is 1.88. The van der Waals surface area contributed by atoms with E-state index in [1.165, 1.54) is 11.0 Å². The summed E-state index contributed by atoms with van der Waals surface area (Å²) in [6.07, 6.45) is 6.95. The topological polar surface area (TPSA) is 20.3 Å². The highest BCUT2D eigenvalue weighted by Gasteiger charge is 1.93. The smallest absolute Gasteiger partial charge is 0.246 e. The van der Waals surface area contributed by atoms with Gasteiger partial charge in [-0.2, -0.15) is 0 Å². The van der Waals surface area contributed by atoms with Crippen LogP contribution in [-0.4, -0.2) is 24.9 Å². The molecule has 0 heterocycles. The van der Waals surface area contributed by atoms with Crippen molar-refractivity contribution in [1.29, 1.82) is 0 Å². The van der Waals surface area contributed by atoms with Crippen LogP contribution in [0.5, 0.6) is 0 Å². The van der Waals surface area contributed by atoms with Crippen LogP contribution in [0.4, 0.5) is 0 Å². The lowest BCUT2D eigenvalue weighted by Crippen LogP contribution is -2.18. The van der Waals surface area contributed by atoms with Crippen LogP contribution in [0.1, 0.15) is 6.92 Å². The number of likely N-dealkylation sites (N-methyl/N-ethyl adjacent to an activating group) is 1. The molecule has 0 rings (SSSR count). The fraction of sp³-hybridized carbons (Fsp3) is 0.375. The van der Waals surface area contributed by atoms with Crippen LogP contribution in [-0.2, 0) is 4.79 Å². The first-order chi connectivity index (χ1) is 4.68. The predicted octanol–water partition coefficient (Wildman–Crippen LogP) is 1.21. The van der Waals surface area contributed by atoms with Gasteiger partial charge in [0.25, 0.3) is 0 Å². The van der Waals surface area contributed by atoms with Crippen LogP contribution in [0, 0.1) is 0 Å². The van der Waals surface area contributed by atoms with Crippen LogP contribution >= 0.6 is 0 Å². The Labute approximate surface area is 61.8 Å². The summed E-state index contributed by atoms with van der Waals surface area (Å²) in [6, 6.07) is 0. The molecule has 0 aromatic rings. The Hall–Kier alpha value is -1.05. The van der Waals surface area contributed by atoms with Crippen molar-refractivity contribution in [2.45, 2.75) is 6.92 Å². The van der Waals surface area contributed by atoms with Gasteiger partial charge in [0.15, 0.2) is 0 Å². The molecule has 0 saturated heterocycles. The van der Waals surface area contributed by atoms with Gasteiger partial charge in [-0.1, -0.05) is 18.2 Å². The van der Waals surface area contributed by atoms with Gasteiger partial charge in [0.1, 0.15) is 0 Å². The van der Waals surface area contributed by atoms with Crippen molar-refractivity contribution in [2.75, 3.05) is 14.1 Å². The molecule has 0 aliphatic rings. The first kappa shape index (κ1) is 8.95. The molecule has 0 N–H and O–H groups in total. The Morgan fingerprint density at radius 2 is 1.90 bits per heavy atom. The zero-order valence-corrected chi connectivity index (χ0v) is 6.66. The molecule has 0 fully saturated rings. The molecule has 10 heavy (non-hydrogen) atoms. The average molecular weight is 139 g/mol. The zero-order chi connectivity index (χ0) is 7.98. The van der Waals surface area contributed by atoms with E-state index in [1.807, 2.05) is 19.1 Å². The summed E-state index contributed by atoms with van der Waals surface area (Å²) in [5, 5.41) is 0. The number of carbonyl (C=O) groups excluding carboxylic acids is 1. The number of allylic oxidation sites excluding steroid dienone is 3. The molecule has 56 valence electrons. The minimum atomic E-state index is 0.0121. The van der Waals surface area contributed by atoms with Crippen molar-refractivity contribution in [1.82, 2.24) is 4.90 Å². The summed E-state index contributed by atoms with van der Waals surface area (Å²) < 4.78 is 0. The number of rotatable bonds is 2.